The van der Waals surface area contributed by atoms with Gasteiger partial charge >= 0.3 is 0 Å². The van der Waals surface area contributed by atoms with E-state index in [0.29, 0.717) is 6.54 Å². The van der Waals surface area contributed by atoms with E-state index in [9.17, 15) is 10.2 Å². The highest BCUT2D eigenvalue weighted by molar-refractivity contribution is 4.90. The van der Waals surface area contributed by atoms with Crippen LogP contribution < -0.4 is 5.32 Å². The molecule has 0 heterocycles. The monoisotopic (exact) mass is 227 g/mol. The lowest BCUT2D eigenvalue weighted by Crippen LogP contribution is -2.48. The van der Waals surface area contributed by atoms with E-state index >= 15 is 0 Å². The Balaban J connectivity index is 1.76. The van der Waals surface area contributed by atoms with Crippen molar-refractivity contribution in [1.82, 2.24) is 5.32 Å². The summed E-state index contributed by atoms with van der Waals surface area (Å²) in [5, 5.41) is 23.4. The lowest BCUT2D eigenvalue weighted by molar-refractivity contribution is -0.0112. The van der Waals surface area contributed by atoms with Crippen LogP contribution in [0.1, 0.15) is 51.9 Å². The first-order valence-electron chi connectivity index (χ1n) is 6.73. The number of hydrogen-bond acceptors (Lipinski definition) is 3. The molecule has 2 rings (SSSR count). The molecule has 94 valence electrons. The second kappa shape index (κ2) is 5.03. The minimum Gasteiger partial charge on any atom is -0.392 e. The van der Waals surface area contributed by atoms with Crippen molar-refractivity contribution in [2.45, 2.75) is 69.6 Å². The van der Waals surface area contributed by atoms with Gasteiger partial charge in [0.1, 0.15) is 0 Å². The molecular weight excluding hydrogens is 202 g/mol. The Kier molecular flexibility index (Phi) is 3.88. The number of aliphatic hydroxyl groups is 2. The summed E-state index contributed by atoms with van der Waals surface area (Å²) in [6, 6.07) is 0.211. The van der Waals surface area contributed by atoms with Crippen molar-refractivity contribution in [3.05, 3.63) is 0 Å². The largest absolute Gasteiger partial charge is 0.392 e. The minimum atomic E-state index is -0.519. The molecule has 0 aromatic rings. The fourth-order valence-electron chi connectivity index (χ4n) is 2.98. The number of rotatable bonds is 3. The highest BCUT2D eigenvalue weighted by atomic mass is 16.3. The molecule has 0 radical (unpaired) electrons. The van der Waals surface area contributed by atoms with Crippen LogP contribution in [0.3, 0.4) is 0 Å². The van der Waals surface area contributed by atoms with Gasteiger partial charge in [0.15, 0.2) is 0 Å². The third kappa shape index (κ3) is 2.96. The molecule has 0 aromatic heterocycles. The van der Waals surface area contributed by atoms with Gasteiger partial charge in [0.2, 0.25) is 0 Å². The molecule has 0 unspecified atom stereocenters. The van der Waals surface area contributed by atoms with Crippen LogP contribution in [0.4, 0.5) is 0 Å². The van der Waals surface area contributed by atoms with Crippen LogP contribution in [0, 0.1) is 5.92 Å². The number of hydrogen-bond donors (Lipinski definition) is 3. The van der Waals surface area contributed by atoms with Crippen molar-refractivity contribution < 1.29 is 10.2 Å². The second-order valence-electron chi connectivity index (χ2n) is 5.89. The Morgan fingerprint density at radius 3 is 2.44 bits per heavy atom. The fraction of sp³-hybridized carbons (Fsp3) is 1.00. The third-order valence-corrected chi connectivity index (χ3v) is 4.38. The quantitative estimate of drug-likeness (QED) is 0.683. The summed E-state index contributed by atoms with van der Waals surface area (Å²) in [5.41, 5.74) is -0.519. The Morgan fingerprint density at radius 1 is 1.19 bits per heavy atom. The van der Waals surface area contributed by atoms with Crippen LogP contribution >= 0.6 is 0 Å². The molecule has 2 aliphatic carbocycles. The second-order valence-corrected chi connectivity index (χ2v) is 5.89. The molecule has 0 aliphatic heterocycles. The van der Waals surface area contributed by atoms with Gasteiger partial charge in [0.05, 0.1) is 11.7 Å². The van der Waals surface area contributed by atoms with Crippen molar-refractivity contribution in [2.75, 3.05) is 6.54 Å². The molecule has 3 N–H and O–H groups in total. The molecule has 0 aromatic carbocycles. The third-order valence-electron chi connectivity index (χ3n) is 4.38. The van der Waals surface area contributed by atoms with Crippen LogP contribution in [-0.4, -0.2) is 34.5 Å². The topological polar surface area (TPSA) is 52.5 Å². The molecular formula is C13H25NO2. The first-order valence-corrected chi connectivity index (χ1v) is 6.73. The maximum Gasteiger partial charge on any atom is 0.0771 e. The highest BCUT2D eigenvalue weighted by Gasteiger charge is 2.33. The van der Waals surface area contributed by atoms with Gasteiger partial charge in [0.25, 0.3) is 0 Å². The summed E-state index contributed by atoms with van der Waals surface area (Å²) >= 11 is 0. The van der Waals surface area contributed by atoms with Crippen molar-refractivity contribution in [2.24, 2.45) is 5.92 Å². The Morgan fingerprint density at radius 2 is 1.88 bits per heavy atom. The van der Waals surface area contributed by atoms with E-state index in [0.717, 1.165) is 50.9 Å². The molecule has 0 bridgehead atoms. The molecule has 2 aliphatic rings. The average Bonchev–Trinajstić information content (AvgIpc) is 2.67. The summed E-state index contributed by atoms with van der Waals surface area (Å²) in [6.07, 6.45) is 6.94. The molecule has 2 fully saturated rings. The summed E-state index contributed by atoms with van der Waals surface area (Å²) in [4.78, 5) is 0. The van der Waals surface area contributed by atoms with Crippen molar-refractivity contribution in [3.63, 3.8) is 0 Å². The number of nitrogens with one attached hydrogen (secondary N) is 1. The lowest BCUT2D eigenvalue weighted by Gasteiger charge is -2.36. The standard InChI is InChI=1S/C13H25NO2/c1-10-5-7-13(16,8-6-10)9-14-11-3-2-4-12(11)15/h10-12,14-16H,2-9H2,1H3/t10?,11-,12-,13?/m1/s1. The van der Waals surface area contributed by atoms with Gasteiger partial charge in [-0.15, -0.1) is 0 Å². The Bertz CT molecular complexity index is 224. The van der Waals surface area contributed by atoms with Gasteiger partial charge in [-0.05, 0) is 50.9 Å². The maximum atomic E-state index is 10.4. The van der Waals surface area contributed by atoms with Gasteiger partial charge in [-0.2, -0.15) is 0 Å². The van der Waals surface area contributed by atoms with Gasteiger partial charge < -0.3 is 15.5 Å². The fourth-order valence-corrected chi connectivity index (χ4v) is 2.98. The SMILES string of the molecule is CC1CCC(O)(CN[C@@H]2CCC[C@H]2O)CC1. The molecule has 2 atom stereocenters. The number of aliphatic hydroxyl groups excluding tert-OH is 1. The molecule has 0 amide bonds. The van der Waals surface area contributed by atoms with Crippen molar-refractivity contribution >= 4 is 0 Å². The van der Waals surface area contributed by atoms with Crippen LogP contribution in [-0.2, 0) is 0 Å². The lowest BCUT2D eigenvalue weighted by atomic mass is 9.79. The first-order chi connectivity index (χ1) is 7.59. The molecule has 3 heteroatoms. The summed E-state index contributed by atoms with van der Waals surface area (Å²) < 4.78 is 0. The molecule has 2 saturated carbocycles. The molecule has 3 nitrogen and oxygen atoms in total. The van der Waals surface area contributed by atoms with Crippen LogP contribution in [0.5, 0.6) is 0 Å². The van der Waals surface area contributed by atoms with E-state index < -0.39 is 5.60 Å². The average molecular weight is 227 g/mol. The van der Waals surface area contributed by atoms with E-state index in [1.54, 1.807) is 0 Å². The zero-order valence-electron chi connectivity index (χ0n) is 10.3. The van der Waals surface area contributed by atoms with Crippen molar-refractivity contribution in [1.29, 1.82) is 0 Å². The molecule has 0 spiro atoms. The zero-order valence-corrected chi connectivity index (χ0v) is 10.3. The summed E-state index contributed by atoms with van der Waals surface area (Å²) in [7, 11) is 0. The van der Waals surface area contributed by atoms with Gasteiger partial charge in [-0.1, -0.05) is 6.92 Å². The minimum absolute atomic E-state index is 0.203. The van der Waals surface area contributed by atoms with Gasteiger partial charge in [-0.3, -0.25) is 0 Å². The normalized spacial score (nSPS) is 44.8. The maximum absolute atomic E-state index is 10.4. The molecule has 16 heavy (non-hydrogen) atoms. The zero-order chi connectivity index (χ0) is 11.6. The molecule has 0 saturated heterocycles. The van der Waals surface area contributed by atoms with E-state index in [2.05, 4.69) is 12.2 Å². The predicted molar refractivity (Wildman–Crippen MR) is 64.2 cm³/mol. The van der Waals surface area contributed by atoms with E-state index in [1.165, 1.54) is 0 Å². The van der Waals surface area contributed by atoms with E-state index in [-0.39, 0.29) is 12.1 Å². The van der Waals surface area contributed by atoms with Crippen LogP contribution in [0.2, 0.25) is 0 Å². The summed E-state index contributed by atoms with van der Waals surface area (Å²) in [5.74, 6) is 0.761. The van der Waals surface area contributed by atoms with E-state index in [1.807, 2.05) is 0 Å². The van der Waals surface area contributed by atoms with Crippen molar-refractivity contribution in [3.8, 4) is 0 Å². The Labute approximate surface area is 98.2 Å². The van der Waals surface area contributed by atoms with Crippen LogP contribution in [0.25, 0.3) is 0 Å². The Hall–Kier alpha value is -0.120. The highest BCUT2D eigenvalue weighted by Crippen LogP contribution is 2.31. The van der Waals surface area contributed by atoms with E-state index in [4.69, 9.17) is 0 Å². The van der Waals surface area contributed by atoms with Gasteiger partial charge in [0, 0.05) is 12.6 Å². The smallest absolute Gasteiger partial charge is 0.0771 e. The van der Waals surface area contributed by atoms with Crippen LogP contribution in [0.15, 0.2) is 0 Å². The summed E-state index contributed by atoms with van der Waals surface area (Å²) in [6.45, 7) is 2.91. The first kappa shape index (κ1) is 12.3. The predicted octanol–water partition coefficient (Wildman–Crippen LogP) is 1.43. The van der Waals surface area contributed by atoms with Gasteiger partial charge in [-0.25, -0.2) is 0 Å².